The van der Waals surface area contributed by atoms with Crippen LogP contribution in [0.5, 0.6) is 0 Å². The molecule has 2 aliphatic heterocycles. The molecule has 1 amide bonds. The lowest BCUT2D eigenvalue weighted by Gasteiger charge is -2.48. The second kappa shape index (κ2) is 6.66. The predicted molar refractivity (Wildman–Crippen MR) is 92.0 cm³/mol. The number of piperazine rings is 1. The number of rotatable bonds is 2. The van der Waals surface area contributed by atoms with Gasteiger partial charge in [0.25, 0.3) is 0 Å². The molecule has 2 aliphatic rings. The molecule has 1 spiro atoms. The fourth-order valence-corrected chi connectivity index (χ4v) is 5.25. The van der Waals surface area contributed by atoms with Gasteiger partial charge in [-0.1, -0.05) is 6.07 Å². The standard InChI is InChI=1S/C17H24FN3O3S/c1-19-9-8-17(7-6-16(19)22)13-21(11-10-20(17)2)25(23,24)15-5-3-4-14(18)12-15/h3-5,12H,6-11,13H2,1-2H3/t17-/m0/s1. The van der Waals surface area contributed by atoms with Crippen molar-refractivity contribution in [2.45, 2.75) is 29.7 Å². The fraction of sp³-hybridized carbons (Fsp3) is 0.588. The van der Waals surface area contributed by atoms with Gasteiger partial charge in [-0.15, -0.1) is 0 Å². The number of nitrogens with zero attached hydrogens (tertiary/aromatic N) is 3. The largest absolute Gasteiger partial charge is 0.346 e. The summed E-state index contributed by atoms with van der Waals surface area (Å²) in [5.74, 6) is -0.470. The van der Waals surface area contributed by atoms with Crippen LogP contribution in [0.15, 0.2) is 29.2 Å². The van der Waals surface area contributed by atoms with E-state index in [0.29, 0.717) is 39.0 Å². The Balaban J connectivity index is 1.88. The zero-order valence-corrected chi connectivity index (χ0v) is 15.4. The van der Waals surface area contributed by atoms with Crippen molar-refractivity contribution in [1.82, 2.24) is 14.1 Å². The number of hydrogen-bond acceptors (Lipinski definition) is 4. The van der Waals surface area contributed by atoms with Crippen molar-refractivity contribution >= 4 is 15.9 Å². The second-order valence-electron chi connectivity index (χ2n) is 7.01. The molecule has 6 nitrogen and oxygen atoms in total. The number of likely N-dealkylation sites (tertiary alicyclic amines) is 1. The number of carbonyl (C=O) groups excluding carboxylic acids is 1. The van der Waals surface area contributed by atoms with Crippen molar-refractivity contribution in [2.75, 3.05) is 40.3 Å². The van der Waals surface area contributed by atoms with Crippen molar-refractivity contribution in [3.05, 3.63) is 30.1 Å². The minimum Gasteiger partial charge on any atom is -0.346 e. The Kier molecular flexibility index (Phi) is 4.87. The molecule has 1 aromatic rings. The number of hydrogen-bond donors (Lipinski definition) is 0. The number of sulfonamides is 1. The first kappa shape index (κ1) is 18.3. The molecule has 0 aromatic heterocycles. The van der Waals surface area contributed by atoms with Gasteiger partial charge >= 0.3 is 0 Å². The van der Waals surface area contributed by atoms with Gasteiger partial charge in [-0.3, -0.25) is 9.69 Å². The monoisotopic (exact) mass is 369 g/mol. The molecule has 0 saturated carbocycles. The summed E-state index contributed by atoms with van der Waals surface area (Å²) in [5, 5.41) is 0. The van der Waals surface area contributed by atoms with Crippen LogP contribution in [0.1, 0.15) is 19.3 Å². The quantitative estimate of drug-likeness (QED) is 0.785. The van der Waals surface area contributed by atoms with Crippen LogP contribution in [0.4, 0.5) is 4.39 Å². The van der Waals surface area contributed by atoms with Crippen molar-refractivity contribution in [3.63, 3.8) is 0 Å². The molecule has 0 unspecified atom stereocenters. The summed E-state index contributed by atoms with van der Waals surface area (Å²) < 4.78 is 40.8. The molecule has 1 aromatic carbocycles. The maximum absolute atomic E-state index is 13.5. The predicted octanol–water partition coefficient (Wildman–Crippen LogP) is 1.14. The van der Waals surface area contributed by atoms with Gasteiger partial charge in [0, 0.05) is 45.2 Å². The van der Waals surface area contributed by atoms with E-state index in [1.807, 2.05) is 7.05 Å². The minimum absolute atomic E-state index is 0.0194. The van der Waals surface area contributed by atoms with E-state index in [4.69, 9.17) is 0 Å². The van der Waals surface area contributed by atoms with Gasteiger partial charge in [-0.25, -0.2) is 12.8 Å². The average Bonchev–Trinajstić information content (AvgIpc) is 2.72. The Labute approximate surface area is 148 Å². The van der Waals surface area contributed by atoms with Crippen LogP contribution in [-0.4, -0.2) is 74.2 Å². The summed E-state index contributed by atoms with van der Waals surface area (Å²) in [6.07, 6.45) is 1.76. The highest BCUT2D eigenvalue weighted by atomic mass is 32.2. The van der Waals surface area contributed by atoms with Crippen LogP contribution in [0.25, 0.3) is 0 Å². The van der Waals surface area contributed by atoms with Crippen LogP contribution < -0.4 is 0 Å². The molecular weight excluding hydrogens is 345 g/mol. The highest BCUT2D eigenvalue weighted by Crippen LogP contribution is 2.34. The van der Waals surface area contributed by atoms with E-state index in [1.165, 1.54) is 22.5 Å². The van der Waals surface area contributed by atoms with Gasteiger partial charge in [-0.05, 0) is 38.1 Å². The van der Waals surface area contributed by atoms with Gasteiger partial charge in [0.1, 0.15) is 5.82 Å². The van der Waals surface area contributed by atoms with E-state index < -0.39 is 15.8 Å². The van der Waals surface area contributed by atoms with Crippen LogP contribution in [0.3, 0.4) is 0 Å². The van der Waals surface area contributed by atoms with E-state index >= 15 is 0 Å². The van der Waals surface area contributed by atoms with E-state index in [-0.39, 0.29) is 16.3 Å². The molecule has 2 saturated heterocycles. The summed E-state index contributed by atoms with van der Waals surface area (Å²) in [6, 6.07) is 5.13. The zero-order chi connectivity index (χ0) is 18.2. The van der Waals surface area contributed by atoms with E-state index in [9.17, 15) is 17.6 Å². The maximum Gasteiger partial charge on any atom is 0.243 e. The van der Waals surface area contributed by atoms with E-state index in [0.717, 1.165) is 12.5 Å². The summed E-state index contributed by atoms with van der Waals surface area (Å²) in [5.41, 5.74) is -0.362. The lowest BCUT2D eigenvalue weighted by atomic mass is 9.87. The van der Waals surface area contributed by atoms with E-state index in [1.54, 1.807) is 11.9 Å². The molecule has 0 bridgehead atoms. The Morgan fingerprint density at radius 1 is 1.12 bits per heavy atom. The van der Waals surface area contributed by atoms with Gasteiger partial charge in [0.15, 0.2) is 0 Å². The van der Waals surface area contributed by atoms with Crippen molar-refractivity contribution in [2.24, 2.45) is 0 Å². The second-order valence-corrected chi connectivity index (χ2v) is 8.95. The molecule has 1 atom stereocenters. The van der Waals surface area contributed by atoms with Crippen molar-refractivity contribution in [1.29, 1.82) is 0 Å². The molecule has 2 fully saturated rings. The molecule has 3 rings (SSSR count). The molecule has 2 heterocycles. The third kappa shape index (κ3) is 3.43. The highest BCUT2D eigenvalue weighted by Gasteiger charge is 2.44. The van der Waals surface area contributed by atoms with E-state index in [2.05, 4.69) is 4.90 Å². The zero-order valence-electron chi connectivity index (χ0n) is 14.6. The van der Waals surface area contributed by atoms with Gasteiger partial charge in [0.2, 0.25) is 15.9 Å². The first-order valence-electron chi connectivity index (χ1n) is 8.46. The van der Waals surface area contributed by atoms with Crippen LogP contribution in [-0.2, 0) is 14.8 Å². The summed E-state index contributed by atoms with van der Waals surface area (Å²) in [7, 11) is 0.0171. The smallest absolute Gasteiger partial charge is 0.243 e. The van der Waals surface area contributed by atoms with Gasteiger partial charge in [-0.2, -0.15) is 4.31 Å². The molecule has 0 N–H and O–H groups in total. The normalized spacial score (nSPS) is 26.8. The Morgan fingerprint density at radius 2 is 1.88 bits per heavy atom. The minimum atomic E-state index is -3.75. The van der Waals surface area contributed by atoms with Crippen molar-refractivity contribution < 1.29 is 17.6 Å². The Hall–Kier alpha value is -1.51. The number of likely N-dealkylation sites (N-methyl/N-ethyl adjacent to an activating group) is 1. The lowest BCUT2D eigenvalue weighted by Crippen LogP contribution is -2.62. The van der Waals surface area contributed by atoms with Crippen LogP contribution in [0.2, 0.25) is 0 Å². The average molecular weight is 369 g/mol. The highest BCUT2D eigenvalue weighted by molar-refractivity contribution is 7.89. The molecule has 8 heteroatoms. The molecule has 25 heavy (non-hydrogen) atoms. The fourth-order valence-electron chi connectivity index (χ4n) is 3.70. The number of benzene rings is 1. The molecular formula is C17H24FN3O3S. The third-order valence-electron chi connectivity index (χ3n) is 5.54. The first-order chi connectivity index (χ1) is 11.7. The Bertz CT molecular complexity index is 770. The summed E-state index contributed by atoms with van der Waals surface area (Å²) in [6.45, 7) is 1.88. The molecule has 0 radical (unpaired) electrons. The van der Waals surface area contributed by atoms with Crippen LogP contribution in [0, 0.1) is 5.82 Å². The first-order valence-corrected chi connectivity index (χ1v) is 9.90. The number of carbonyl (C=O) groups is 1. The Morgan fingerprint density at radius 3 is 2.60 bits per heavy atom. The third-order valence-corrected chi connectivity index (χ3v) is 7.38. The lowest BCUT2D eigenvalue weighted by molar-refractivity contribution is -0.129. The summed E-state index contributed by atoms with van der Waals surface area (Å²) >= 11 is 0. The summed E-state index contributed by atoms with van der Waals surface area (Å²) in [4.78, 5) is 15.9. The van der Waals surface area contributed by atoms with Crippen LogP contribution >= 0.6 is 0 Å². The maximum atomic E-state index is 13.5. The van der Waals surface area contributed by atoms with Gasteiger partial charge < -0.3 is 4.90 Å². The van der Waals surface area contributed by atoms with Gasteiger partial charge in [0.05, 0.1) is 4.90 Å². The topological polar surface area (TPSA) is 60.9 Å². The number of amides is 1. The molecule has 138 valence electrons. The SMILES string of the molecule is CN1CC[C@@]2(CCC1=O)CN(S(=O)(=O)c1cccc(F)c1)CCN2C. The number of halogens is 1. The van der Waals surface area contributed by atoms with Crippen molar-refractivity contribution in [3.8, 4) is 0 Å². The molecule has 0 aliphatic carbocycles.